The van der Waals surface area contributed by atoms with Gasteiger partial charge in [0.05, 0.1) is 46.9 Å². The third-order valence-corrected chi connectivity index (χ3v) is 11.8. The van der Waals surface area contributed by atoms with Crippen LogP contribution in [0.1, 0.15) is 98.2 Å². The van der Waals surface area contributed by atoms with E-state index < -0.39 is 35.8 Å². The molecule has 0 aromatic heterocycles. The molecule has 0 bridgehead atoms. The van der Waals surface area contributed by atoms with Gasteiger partial charge >= 0.3 is 41.8 Å². The SMILES string of the molecule is CC(=O)Nc1ccc(C(=O)O)cc1.CC(=O)Nc1cccc(C(=O)O)c1.COC(=O)Cc1ccc(COC(=O)c2cccc(S)c2)cc1.O=C(O)c1ccc(NCc2ccccc2)cc1.O=C(O)c1ccc(S)cc1.O=C(O)c1cccc(CS)c1. The number of thiol groups is 3. The number of hydrogen-bond donors (Lipinski definition) is 11. The number of esters is 2. The van der Waals surface area contributed by atoms with Crippen LogP contribution in [0.5, 0.6) is 0 Å². The Labute approximate surface area is 511 Å². The number of carbonyl (C=O) groups is 9. The van der Waals surface area contributed by atoms with E-state index in [0.29, 0.717) is 38.7 Å². The molecule has 8 aromatic carbocycles. The van der Waals surface area contributed by atoms with Crippen LogP contribution in [-0.4, -0.2) is 86.2 Å². The van der Waals surface area contributed by atoms with Crippen LogP contribution in [0.25, 0.3) is 0 Å². The second-order valence-electron chi connectivity index (χ2n) is 17.6. The highest BCUT2D eigenvalue weighted by Gasteiger charge is 2.10. The van der Waals surface area contributed by atoms with Crippen molar-refractivity contribution in [2.24, 2.45) is 0 Å². The van der Waals surface area contributed by atoms with Gasteiger partial charge in [0.25, 0.3) is 0 Å². The summed E-state index contributed by atoms with van der Waals surface area (Å²) in [6.45, 7) is 3.67. The summed E-state index contributed by atoms with van der Waals surface area (Å²) >= 11 is 12.2. The summed E-state index contributed by atoms with van der Waals surface area (Å²) in [6.07, 6.45) is 0.227. The maximum atomic E-state index is 11.9. The van der Waals surface area contributed by atoms with E-state index in [0.717, 1.165) is 33.8 Å². The topological polar surface area (TPSA) is 309 Å². The fourth-order valence-corrected chi connectivity index (χ4v) is 7.20. The van der Waals surface area contributed by atoms with E-state index in [-0.39, 0.29) is 47.5 Å². The van der Waals surface area contributed by atoms with Gasteiger partial charge in [-0.2, -0.15) is 12.6 Å². The van der Waals surface area contributed by atoms with Gasteiger partial charge in [-0.1, -0.05) is 78.9 Å². The van der Waals surface area contributed by atoms with Gasteiger partial charge in [-0.3, -0.25) is 14.4 Å². The lowest BCUT2D eigenvalue weighted by atomic mass is 10.1. The quantitative estimate of drug-likeness (QED) is 0.0316. The number of benzene rings is 8. The number of ether oxygens (including phenoxy) is 2. The summed E-state index contributed by atoms with van der Waals surface area (Å²) in [5, 5.41) is 51.3. The molecule has 8 N–H and O–H groups in total. The molecule has 86 heavy (non-hydrogen) atoms. The lowest BCUT2D eigenvalue weighted by molar-refractivity contribution is -0.139. The molecule has 19 nitrogen and oxygen atoms in total. The second-order valence-corrected chi connectivity index (χ2v) is 18.9. The number of anilines is 3. The summed E-state index contributed by atoms with van der Waals surface area (Å²) in [6, 6.07) is 56.0. The molecule has 8 aromatic rings. The highest BCUT2D eigenvalue weighted by Crippen LogP contribution is 2.16. The molecule has 0 radical (unpaired) electrons. The van der Waals surface area contributed by atoms with Crippen molar-refractivity contribution in [3.63, 3.8) is 0 Å². The third kappa shape index (κ3) is 28.2. The highest BCUT2D eigenvalue weighted by molar-refractivity contribution is 7.80. The van der Waals surface area contributed by atoms with Gasteiger partial charge < -0.3 is 51.0 Å². The van der Waals surface area contributed by atoms with Crippen molar-refractivity contribution in [2.75, 3.05) is 23.1 Å². The van der Waals surface area contributed by atoms with Crippen molar-refractivity contribution in [1.82, 2.24) is 0 Å². The number of carbonyl (C=O) groups excluding carboxylic acids is 4. The number of carboxylic acids is 5. The molecule has 0 heterocycles. The van der Waals surface area contributed by atoms with Crippen LogP contribution in [0, 0.1) is 0 Å². The first-order chi connectivity index (χ1) is 41.0. The largest absolute Gasteiger partial charge is 0.478 e. The van der Waals surface area contributed by atoms with E-state index in [4.69, 9.17) is 30.3 Å². The van der Waals surface area contributed by atoms with Gasteiger partial charge in [0.15, 0.2) is 0 Å². The Balaban J connectivity index is 0.000000276. The Morgan fingerprint density at radius 1 is 0.407 bits per heavy atom. The molecule has 0 saturated heterocycles. The number of aromatic carboxylic acids is 5. The van der Waals surface area contributed by atoms with E-state index in [1.807, 2.05) is 60.7 Å². The molecule has 0 unspecified atom stereocenters. The highest BCUT2D eigenvalue weighted by atomic mass is 32.1. The van der Waals surface area contributed by atoms with Crippen molar-refractivity contribution in [3.05, 3.63) is 256 Å². The fourth-order valence-electron chi connectivity index (χ4n) is 6.63. The smallest absolute Gasteiger partial charge is 0.338 e. The van der Waals surface area contributed by atoms with Crippen LogP contribution >= 0.6 is 37.9 Å². The molecule has 0 aliphatic rings. The van der Waals surface area contributed by atoms with E-state index in [2.05, 4.69) is 58.6 Å². The van der Waals surface area contributed by atoms with Gasteiger partial charge in [0.2, 0.25) is 11.8 Å². The number of carboxylic acid groups (broad SMARTS) is 5. The average molecular weight is 1220 g/mol. The normalized spacial score (nSPS) is 9.65. The van der Waals surface area contributed by atoms with Crippen LogP contribution in [0.15, 0.2) is 210 Å². The lowest BCUT2D eigenvalue weighted by Crippen LogP contribution is -2.06. The van der Waals surface area contributed by atoms with Gasteiger partial charge in [0.1, 0.15) is 6.61 Å². The molecule has 0 fully saturated rings. The Morgan fingerprint density at radius 2 is 0.849 bits per heavy atom. The monoisotopic (exact) mass is 1220 g/mol. The minimum Gasteiger partial charge on any atom is -0.478 e. The summed E-state index contributed by atoms with van der Waals surface area (Å²) in [4.78, 5) is 98.2. The maximum Gasteiger partial charge on any atom is 0.338 e. The van der Waals surface area contributed by atoms with E-state index in [1.54, 1.807) is 103 Å². The molecular weight excluding hydrogens is 1160 g/mol. The molecule has 22 heteroatoms. The molecule has 0 spiro atoms. The van der Waals surface area contributed by atoms with Crippen molar-refractivity contribution in [3.8, 4) is 0 Å². The zero-order valence-corrected chi connectivity index (χ0v) is 49.1. The van der Waals surface area contributed by atoms with Crippen molar-refractivity contribution in [1.29, 1.82) is 0 Å². The molecule has 446 valence electrons. The number of hydrogen-bond acceptors (Lipinski definition) is 15. The van der Waals surface area contributed by atoms with Gasteiger partial charge in [-0.05, 0) is 144 Å². The molecular formula is C64H61N3O16S3. The fraction of sp³-hybridized carbons (Fsp3) is 0.109. The van der Waals surface area contributed by atoms with Crippen molar-refractivity contribution in [2.45, 2.75) is 49.0 Å². The van der Waals surface area contributed by atoms with Crippen LogP contribution in [0.2, 0.25) is 0 Å². The Morgan fingerprint density at radius 3 is 1.34 bits per heavy atom. The summed E-state index contributed by atoms with van der Waals surface area (Å²) in [7, 11) is 1.36. The minimum absolute atomic E-state index is 0.159. The molecule has 0 atom stereocenters. The lowest BCUT2D eigenvalue weighted by Gasteiger charge is -2.06. The molecule has 0 aliphatic heterocycles. The van der Waals surface area contributed by atoms with Crippen LogP contribution in [-0.2, 0) is 49.2 Å². The molecule has 2 amide bonds. The molecule has 0 aliphatic carbocycles. The summed E-state index contributed by atoms with van der Waals surface area (Å²) < 4.78 is 9.85. The van der Waals surface area contributed by atoms with Gasteiger partial charge in [-0.25, -0.2) is 28.8 Å². The van der Waals surface area contributed by atoms with Gasteiger partial charge in [-0.15, -0.1) is 25.3 Å². The predicted molar refractivity (Wildman–Crippen MR) is 334 cm³/mol. The third-order valence-electron chi connectivity index (χ3n) is 10.9. The van der Waals surface area contributed by atoms with Crippen LogP contribution in [0.4, 0.5) is 17.1 Å². The number of methoxy groups -OCH3 is 1. The molecule has 8 rings (SSSR count). The number of nitrogens with one attached hydrogen (secondary N) is 3. The zero-order valence-electron chi connectivity index (χ0n) is 46.4. The standard InChI is InChI=1S/C17H16O4S.C14H13NO2.2C9H9NO3.C8H8O2S.C7H6O2S/c1-20-16(18)9-12-5-7-13(8-6-12)11-21-17(19)14-3-2-4-15(22)10-14;16-14(17)12-6-8-13(9-7-12)15-10-11-4-2-1-3-5-11;1-6(11)10-8-4-2-7(3-5-8)9(12)13;1-6(11)10-8-4-2-3-7(5-8)9(12)13;9-8(10)7-3-1-2-6(4-7)5-11;8-7(9)5-1-3-6(10)4-2-5/h2-8,10,22H,9,11H2,1H3;1-9,15H,10H2,(H,16,17);2*2-5H,1H3,(H,10,11)(H,12,13);1-4,11H,5H2,(H,9,10);1-4,10H,(H,8,9). The molecule has 0 saturated carbocycles. The predicted octanol–water partition coefficient (Wildman–Crippen LogP) is 12.2. The first-order valence-electron chi connectivity index (χ1n) is 25.4. The van der Waals surface area contributed by atoms with E-state index in [1.165, 1.54) is 62.9 Å². The maximum absolute atomic E-state index is 11.9. The van der Waals surface area contributed by atoms with Crippen molar-refractivity contribution < 1.29 is 78.2 Å². The van der Waals surface area contributed by atoms with E-state index >= 15 is 0 Å². The second kappa shape index (κ2) is 37.8. The zero-order chi connectivity index (χ0) is 63.6. The number of amides is 2. The minimum atomic E-state index is -1.01. The summed E-state index contributed by atoms with van der Waals surface area (Å²) in [5.74, 6) is -5.20. The Kier molecular flexibility index (Phi) is 30.8. The Bertz CT molecular complexity index is 3530. The van der Waals surface area contributed by atoms with Crippen molar-refractivity contribution >= 4 is 109 Å². The van der Waals surface area contributed by atoms with Gasteiger partial charge in [0, 0.05) is 53.0 Å². The van der Waals surface area contributed by atoms with Crippen LogP contribution in [0.3, 0.4) is 0 Å². The number of rotatable bonds is 16. The average Bonchev–Trinajstić information content (AvgIpc) is 3.69. The first kappa shape index (κ1) is 70.1. The van der Waals surface area contributed by atoms with E-state index in [9.17, 15) is 43.2 Å². The first-order valence-corrected chi connectivity index (χ1v) is 26.9. The van der Waals surface area contributed by atoms with Crippen LogP contribution < -0.4 is 16.0 Å². The Hall–Kier alpha value is -10.2. The summed E-state index contributed by atoms with van der Waals surface area (Å²) in [5.41, 5.74) is 7.56.